The maximum atomic E-state index is 5.36. The summed E-state index contributed by atoms with van der Waals surface area (Å²) in [6.07, 6.45) is 0.933. The van der Waals surface area contributed by atoms with E-state index in [2.05, 4.69) is 9.97 Å². The lowest BCUT2D eigenvalue weighted by atomic mass is 10.4. The number of H-pyrrole nitrogens is 1. The smallest absolute Gasteiger partial charge is 0.235 e. The van der Waals surface area contributed by atoms with E-state index >= 15 is 0 Å². The lowest BCUT2D eigenvalue weighted by molar-refractivity contribution is 0.344. The highest BCUT2D eigenvalue weighted by molar-refractivity contribution is 5.24. The minimum absolute atomic E-state index is 0.455. The molecule has 0 saturated heterocycles. The summed E-state index contributed by atoms with van der Waals surface area (Å²) in [7, 11) is 0. The first-order valence-electron chi connectivity index (χ1n) is 3.31. The number of rotatable bonds is 1. The fraction of sp³-hybridized carbons (Fsp3) is 0.500. The fourth-order valence-corrected chi connectivity index (χ4v) is 1.08. The molecule has 1 aliphatic rings. The molecule has 54 valence electrons. The topological polar surface area (TPSA) is 63.9 Å². The molecule has 1 aliphatic heterocycles. The number of imidazole rings is 1. The molecule has 1 aromatic rings. The average molecular weight is 139 g/mol. The average Bonchev–Trinajstić information content (AvgIpc) is 2.42. The first kappa shape index (κ1) is 5.73. The van der Waals surface area contributed by atoms with Crippen LogP contribution in [0.25, 0.3) is 0 Å². The van der Waals surface area contributed by atoms with E-state index in [1.54, 1.807) is 0 Å². The maximum Gasteiger partial charge on any atom is 0.235 e. The second kappa shape index (κ2) is 1.98. The van der Waals surface area contributed by atoms with Crippen molar-refractivity contribution in [2.24, 2.45) is 5.73 Å². The minimum Gasteiger partial charge on any atom is -0.476 e. The second-order valence-corrected chi connectivity index (χ2v) is 2.27. The van der Waals surface area contributed by atoms with Gasteiger partial charge in [-0.15, -0.1) is 0 Å². The van der Waals surface area contributed by atoms with Gasteiger partial charge in [0.25, 0.3) is 0 Å². The number of hydrogen-bond acceptors (Lipinski definition) is 3. The number of fused-ring (bicyclic) bond motifs is 1. The van der Waals surface area contributed by atoms with Crippen molar-refractivity contribution in [3.8, 4) is 5.88 Å². The molecule has 0 unspecified atom stereocenters. The van der Waals surface area contributed by atoms with Gasteiger partial charge in [-0.25, -0.2) is 0 Å². The Labute approximate surface area is 58.4 Å². The van der Waals surface area contributed by atoms with Crippen molar-refractivity contribution < 1.29 is 4.74 Å². The van der Waals surface area contributed by atoms with E-state index in [1.165, 1.54) is 0 Å². The van der Waals surface area contributed by atoms with Crippen LogP contribution in [0.1, 0.15) is 11.5 Å². The molecule has 0 spiro atoms. The predicted octanol–water partition coefficient (Wildman–Crippen LogP) is -0.197. The Balaban J connectivity index is 2.37. The van der Waals surface area contributed by atoms with Crippen LogP contribution in [0.2, 0.25) is 0 Å². The Morgan fingerprint density at radius 3 is 3.30 bits per heavy atom. The summed E-state index contributed by atoms with van der Waals surface area (Å²) < 4.78 is 5.18. The van der Waals surface area contributed by atoms with Crippen LogP contribution in [-0.2, 0) is 13.0 Å². The van der Waals surface area contributed by atoms with E-state index in [0.717, 1.165) is 30.4 Å². The Bertz CT molecular complexity index is 222. The van der Waals surface area contributed by atoms with Gasteiger partial charge < -0.3 is 15.5 Å². The molecule has 3 N–H and O–H groups in total. The quantitative estimate of drug-likeness (QED) is 0.566. The summed E-state index contributed by atoms with van der Waals surface area (Å²) in [5, 5.41) is 0. The molecule has 0 atom stereocenters. The van der Waals surface area contributed by atoms with Gasteiger partial charge in [-0.1, -0.05) is 0 Å². The standard InChI is InChI=1S/C6H9N3O/c7-3-5-8-4-1-2-10-6(4)9-5/h1-3,7H2,(H,8,9). The van der Waals surface area contributed by atoms with E-state index in [0.29, 0.717) is 6.54 Å². The van der Waals surface area contributed by atoms with E-state index < -0.39 is 0 Å². The molecule has 0 saturated carbocycles. The van der Waals surface area contributed by atoms with Crippen LogP contribution in [0.4, 0.5) is 0 Å². The van der Waals surface area contributed by atoms with Crippen molar-refractivity contribution in [2.45, 2.75) is 13.0 Å². The molecular formula is C6H9N3O. The zero-order valence-electron chi connectivity index (χ0n) is 5.55. The molecule has 0 radical (unpaired) electrons. The normalized spacial score (nSPS) is 14.9. The molecule has 4 nitrogen and oxygen atoms in total. The van der Waals surface area contributed by atoms with Gasteiger partial charge in [0.1, 0.15) is 5.82 Å². The molecule has 0 aliphatic carbocycles. The highest BCUT2D eigenvalue weighted by atomic mass is 16.5. The summed E-state index contributed by atoms with van der Waals surface area (Å²) in [6.45, 7) is 1.20. The van der Waals surface area contributed by atoms with E-state index in [4.69, 9.17) is 10.5 Å². The van der Waals surface area contributed by atoms with Crippen molar-refractivity contribution in [1.82, 2.24) is 9.97 Å². The van der Waals surface area contributed by atoms with Gasteiger partial charge in [-0.2, -0.15) is 4.98 Å². The lowest BCUT2D eigenvalue weighted by Crippen LogP contribution is -2.00. The van der Waals surface area contributed by atoms with Gasteiger partial charge in [0.2, 0.25) is 5.88 Å². The molecule has 0 bridgehead atoms. The molecule has 0 amide bonds. The van der Waals surface area contributed by atoms with Crippen LogP contribution < -0.4 is 10.5 Å². The van der Waals surface area contributed by atoms with E-state index in [1.807, 2.05) is 0 Å². The Morgan fingerprint density at radius 1 is 1.70 bits per heavy atom. The molecule has 2 rings (SSSR count). The lowest BCUT2D eigenvalue weighted by Gasteiger charge is -1.89. The highest BCUT2D eigenvalue weighted by Crippen LogP contribution is 2.20. The van der Waals surface area contributed by atoms with Gasteiger partial charge in [-0.05, 0) is 0 Å². The largest absolute Gasteiger partial charge is 0.476 e. The third kappa shape index (κ3) is 0.690. The first-order chi connectivity index (χ1) is 4.90. The van der Waals surface area contributed by atoms with E-state index in [9.17, 15) is 0 Å². The molecule has 10 heavy (non-hydrogen) atoms. The van der Waals surface area contributed by atoms with Gasteiger partial charge in [-0.3, -0.25) is 0 Å². The summed E-state index contributed by atoms with van der Waals surface area (Å²) in [6, 6.07) is 0. The van der Waals surface area contributed by atoms with Crippen LogP contribution in [0, 0.1) is 0 Å². The summed E-state index contributed by atoms with van der Waals surface area (Å²) in [4.78, 5) is 7.19. The third-order valence-electron chi connectivity index (χ3n) is 1.57. The maximum absolute atomic E-state index is 5.36. The van der Waals surface area contributed by atoms with Crippen molar-refractivity contribution in [1.29, 1.82) is 0 Å². The van der Waals surface area contributed by atoms with Gasteiger partial charge in [0, 0.05) is 6.42 Å². The zero-order chi connectivity index (χ0) is 6.97. The minimum atomic E-state index is 0.455. The van der Waals surface area contributed by atoms with Gasteiger partial charge in [0.15, 0.2) is 0 Å². The zero-order valence-corrected chi connectivity index (χ0v) is 5.55. The molecule has 4 heteroatoms. The molecule has 1 aromatic heterocycles. The number of nitrogens with zero attached hydrogens (tertiary/aromatic N) is 1. The molecule has 0 aromatic carbocycles. The fourth-order valence-electron chi connectivity index (χ4n) is 1.08. The predicted molar refractivity (Wildman–Crippen MR) is 35.7 cm³/mol. The molecule has 2 heterocycles. The molecule has 0 fully saturated rings. The van der Waals surface area contributed by atoms with Crippen LogP contribution in [0.15, 0.2) is 0 Å². The van der Waals surface area contributed by atoms with Crippen molar-refractivity contribution in [3.63, 3.8) is 0 Å². The Kier molecular flexibility index (Phi) is 1.14. The van der Waals surface area contributed by atoms with Crippen molar-refractivity contribution >= 4 is 0 Å². The number of aromatic nitrogens is 2. The monoisotopic (exact) mass is 139 g/mol. The number of aromatic amines is 1. The Morgan fingerprint density at radius 2 is 2.60 bits per heavy atom. The number of nitrogens with two attached hydrogens (primary N) is 1. The van der Waals surface area contributed by atoms with Crippen LogP contribution >= 0.6 is 0 Å². The summed E-state index contributed by atoms with van der Waals surface area (Å²) >= 11 is 0. The number of nitrogens with one attached hydrogen (secondary N) is 1. The van der Waals surface area contributed by atoms with Crippen LogP contribution in [-0.4, -0.2) is 16.6 Å². The second-order valence-electron chi connectivity index (χ2n) is 2.27. The Hall–Kier alpha value is -1.03. The SMILES string of the molecule is NCc1nc2c([nH]1)CCO2. The number of hydrogen-bond donors (Lipinski definition) is 2. The summed E-state index contributed by atoms with van der Waals surface area (Å²) in [5.74, 6) is 1.55. The van der Waals surface area contributed by atoms with Gasteiger partial charge in [0.05, 0.1) is 18.8 Å². The van der Waals surface area contributed by atoms with Crippen molar-refractivity contribution in [3.05, 3.63) is 11.5 Å². The number of ether oxygens (including phenoxy) is 1. The first-order valence-corrected chi connectivity index (χ1v) is 3.31. The van der Waals surface area contributed by atoms with Crippen molar-refractivity contribution in [2.75, 3.05) is 6.61 Å². The van der Waals surface area contributed by atoms with Gasteiger partial charge >= 0.3 is 0 Å². The van der Waals surface area contributed by atoms with Crippen LogP contribution in [0.3, 0.4) is 0 Å². The molecular weight excluding hydrogens is 130 g/mol. The van der Waals surface area contributed by atoms with E-state index in [-0.39, 0.29) is 0 Å². The highest BCUT2D eigenvalue weighted by Gasteiger charge is 2.16. The third-order valence-corrected chi connectivity index (χ3v) is 1.57. The summed E-state index contributed by atoms with van der Waals surface area (Å²) in [5.41, 5.74) is 6.45. The van der Waals surface area contributed by atoms with Crippen LogP contribution in [0.5, 0.6) is 5.88 Å².